The average Bonchev–Trinajstić information content (AvgIpc) is 2.64. The molecular formula is C21H27N3O. The van der Waals surface area contributed by atoms with E-state index in [1.807, 2.05) is 0 Å². The maximum Gasteiger partial charge on any atom is 0.0642 e. The first-order chi connectivity index (χ1) is 12.2. The number of ether oxygens (including phenoxy) is 1. The summed E-state index contributed by atoms with van der Waals surface area (Å²) in [7, 11) is 0. The van der Waals surface area contributed by atoms with Crippen molar-refractivity contribution in [3.8, 4) is 0 Å². The molecule has 2 aliphatic heterocycles. The minimum Gasteiger partial charge on any atom is -0.382 e. The van der Waals surface area contributed by atoms with Gasteiger partial charge in [-0.1, -0.05) is 17.7 Å². The number of fused-ring (bicyclic) bond motifs is 1. The van der Waals surface area contributed by atoms with Crippen molar-refractivity contribution in [2.45, 2.75) is 32.4 Å². The number of hydrogen-bond donors (Lipinski definition) is 2. The van der Waals surface area contributed by atoms with E-state index in [0.717, 1.165) is 32.7 Å². The third-order valence-electron chi connectivity index (χ3n) is 5.16. The van der Waals surface area contributed by atoms with Gasteiger partial charge in [-0.2, -0.15) is 0 Å². The predicted molar refractivity (Wildman–Crippen MR) is 105 cm³/mol. The molecule has 0 radical (unpaired) electrons. The zero-order valence-electron chi connectivity index (χ0n) is 15.1. The van der Waals surface area contributed by atoms with Crippen molar-refractivity contribution >= 4 is 17.1 Å². The second-order valence-electron chi connectivity index (χ2n) is 7.22. The second kappa shape index (κ2) is 6.96. The number of morpholine rings is 1. The Hall–Kier alpha value is -2.20. The summed E-state index contributed by atoms with van der Waals surface area (Å²) in [6.45, 7) is 8.01. The van der Waals surface area contributed by atoms with Gasteiger partial charge in [-0.25, -0.2) is 0 Å². The lowest BCUT2D eigenvalue weighted by Gasteiger charge is -2.33. The fourth-order valence-corrected chi connectivity index (χ4v) is 3.83. The van der Waals surface area contributed by atoms with E-state index >= 15 is 0 Å². The second-order valence-corrected chi connectivity index (χ2v) is 7.22. The van der Waals surface area contributed by atoms with Gasteiger partial charge in [0.05, 0.1) is 19.3 Å². The Balaban J connectivity index is 1.51. The maximum absolute atomic E-state index is 5.44. The van der Waals surface area contributed by atoms with E-state index in [1.54, 1.807) is 0 Å². The molecule has 0 aliphatic carbocycles. The summed E-state index contributed by atoms with van der Waals surface area (Å²) in [5, 5.41) is 7.34. The van der Waals surface area contributed by atoms with E-state index in [2.05, 4.69) is 71.8 Å². The third kappa shape index (κ3) is 3.59. The summed E-state index contributed by atoms with van der Waals surface area (Å²) in [6, 6.07) is 16.3. The molecule has 2 aromatic rings. The lowest BCUT2D eigenvalue weighted by atomic mass is 9.92. The molecule has 0 bridgehead atoms. The Morgan fingerprint density at radius 2 is 1.84 bits per heavy atom. The van der Waals surface area contributed by atoms with Crippen LogP contribution < -0.4 is 15.5 Å². The molecule has 4 nitrogen and oxygen atoms in total. The minimum atomic E-state index is 0.348. The normalized spacial score (nSPS) is 22.9. The van der Waals surface area contributed by atoms with Crippen LogP contribution in [0.3, 0.4) is 0 Å². The van der Waals surface area contributed by atoms with Crippen LogP contribution in [0.4, 0.5) is 17.1 Å². The summed E-state index contributed by atoms with van der Waals surface area (Å²) >= 11 is 0. The molecule has 1 saturated heterocycles. The smallest absolute Gasteiger partial charge is 0.0642 e. The molecule has 0 spiro atoms. The highest BCUT2D eigenvalue weighted by molar-refractivity contribution is 5.61. The highest BCUT2D eigenvalue weighted by Crippen LogP contribution is 2.35. The topological polar surface area (TPSA) is 36.5 Å². The molecule has 2 unspecified atom stereocenters. The van der Waals surface area contributed by atoms with Gasteiger partial charge in [-0.3, -0.25) is 0 Å². The van der Waals surface area contributed by atoms with Gasteiger partial charge in [-0.15, -0.1) is 0 Å². The van der Waals surface area contributed by atoms with Crippen LogP contribution in [-0.2, 0) is 4.74 Å². The highest BCUT2D eigenvalue weighted by atomic mass is 16.5. The van der Waals surface area contributed by atoms with E-state index in [4.69, 9.17) is 4.74 Å². The highest BCUT2D eigenvalue weighted by Gasteiger charge is 2.24. The molecular weight excluding hydrogens is 310 g/mol. The number of rotatable bonds is 3. The first-order valence-corrected chi connectivity index (χ1v) is 9.25. The van der Waals surface area contributed by atoms with Crippen molar-refractivity contribution in [1.82, 2.24) is 0 Å². The van der Waals surface area contributed by atoms with E-state index in [-0.39, 0.29) is 0 Å². The first-order valence-electron chi connectivity index (χ1n) is 9.25. The van der Waals surface area contributed by atoms with E-state index in [1.165, 1.54) is 28.2 Å². The maximum atomic E-state index is 5.44. The van der Waals surface area contributed by atoms with Crippen LogP contribution in [0.2, 0.25) is 0 Å². The van der Waals surface area contributed by atoms with Crippen LogP contribution in [0.15, 0.2) is 42.5 Å². The zero-order valence-corrected chi connectivity index (χ0v) is 15.1. The summed E-state index contributed by atoms with van der Waals surface area (Å²) in [5.74, 6) is 0. The van der Waals surface area contributed by atoms with E-state index in [9.17, 15) is 0 Å². The van der Waals surface area contributed by atoms with Gasteiger partial charge < -0.3 is 20.3 Å². The molecule has 2 heterocycles. The first kappa shape index (κ1) is 16.3. The molecule has 4 rings (SSSR count). The molecule has 2 N–H and O–H groups in total. The minimum absolute atomic E-state index is 0.348. The number of benzene rings is 2. The molecule has 2 atom stereocenters. The monoisotopic (exact) mass is 337 g/mol. The average molecular weight is 337 g/mol. The standard InChI is InChI=1S/C21H27N3O/c1-15-3-8-20-19(13-15)21(14-16(2)22-20)23-17-4-6-18(7-5-17)24-9-11-25-12-10-24/h3-8,13,16,21-23H,9-12,14H2,1-2H3. The van der Waals surface area contributed by atoms with Gasteiger partial charge in [0, 0.05) is 36.2 Å². The van der Waals surface area contributed by atoms with E-state index < -0.39 is 0 Å². The van der Waals surface area contributed by atoms with Gasteiger partial charge in [-0.05, 0) is 56.2 Å². The van der Waals surface area contributed by atoms with Crippen LogP contribution in [0, 0.1) is 6.92 Å². The van der Waals surface area contributed by atoms with Crippen molar-refractivity contribution in [2.75, 3.05) is 41.8 Å². The van der Waals surface area contributed by atoms with Crippen LogP contribution in [0.1, 0.15) is 30.5 Å². The molecule has 25 heavy (non-hydrogen) atoms. The molecule has 1 fully saturated rings. The van der Waals surface area contributed by atoms with Gasteiger partial charge >= 0.3 is 0 Å². The van der Waals surface area contributed by atoms with Crippen LogP contribution in [-0.4, -0.2) is 32.3 Å². The number of anilines is 3. The van der Waals surface area contributed by atoms with Crippen molar-refractivity contribution in [2.24, 2.45) is 0 Å². The molecule has 132 valence electrons. The summed E-state index contributed by atoms with van der Waals surface area (Å²) in [5.41, 5.74) is 6.40. The number of nitrogens with zero attached hydrogens (tertiary/aromatic N) is 1. The quantitative estimate of drug-likeness (QED) is 0.880. The lowest BCUT2D eigenvalue weighted by molar-refractivity contribution is 0.122. The summed E-state index contributed by atoms with van der Waals surface area (Å²) < 4.78 is 5.44. The zero-order chi connectivity index (χ0) is 17.2. The van der Waals surface area contributed by atoms with Gasteiger partial charge in [0.1, 0.15) is 0 Å². The predicted octanol–water partition coefficient (Wildman–Crippen LogP) is 4.19. The SMILES string of the molecule is Cc1ccc2c(c1)C(Nc1ccc(N3CCOCC3)cc1)CC(C)N2. The van der Waals surface area contributed by atoms with Gasteiger partial charge in [0.25, 0.3) is 0 Å². The van der Waals surface area contributed by atoms with Crippen molar-refractivity contribution in [3.05, 3.63) is 53.6 Å². The van der Waals surface area contributed by atoms with Crippen LogP contribution in [0.25, 0.3) is 0 Å². The molecule has 4 heteroatoms. The van der Waals surface area contributed by atoms with Crippen LogP contribution in [0.5, 0.6) is 0 Å². The Kier molecular flexibility index (Phi) is 4.53. The van der Waals surface area contributed by atoms with Crippen molar-refractivity contribution in [3.63, 3.8) is 0 Å². The van der Waals surface area contributed by atoms with Crippen LogP contribution >= 0.6 is 0 Å². The van der Waals surface area contributed by atoms with Crippen molar-refractivity contribution < 1.29 is 4.74 Å². The Labute approximate surface area is 150 Å². The third-order valence-corrected chi connectivity index (χ3v) is 5.16. The summed E-state index contributed by atoms with van der Waals surface area (Å²) in [6.07, 6.45) is 1.08. The van der Waals surface area contributed by atoms with Crippen molar-refractivity contribution in [1.29, 1.82) is 0 Å². The number of hydrogen-bond acceptors (Lipinski definition) is 4. The van der Waals surface area contributed by atoms with Gasteiger partial charge in [0.2, 0.25) is 0 Å². The largest absolute Gasteiger partial charge is 0.382 e. The summed E-state index contributed by atoms with van der Waals surface area (Å²) in [4.78, 5) is 2.39. The molecule has 2 aliphatic rings. The Morgan fingerprint density at radius 1 is 1.08 bits per heavy atom. The van der Waals surface area contributed by atoms with E-state index in [0.29, 0.717) is 12.1 Å². The fraction of sp³-hybridized carbons (Fsp3) is 0.429. The van der Waals surface area contributed by atoms with Gasteiger partial charge in [0.15, 0.2) is 0 Å². The molecule has 2 aromatic carbocycles. The molecule has 0 aromatic heterocycles. The number of nitrogens with one attached hydrogen (secondary N) is 2. The molecule has 0 saturated carbocycles. The fourth-order valence-electron chi connectivity index (χ4n) is 3.83. The lowest BCUT2D eigenvalue weighted by Crippen LogP contribution is -2.36. The Morgan fingerprint density at radius 3 is 2.60 bits per heavy atom. The Bertz CT molecular complexity index is 722. The number of aryl methyl sites for hydroxylation is 1. The molecule has 0 amide bonds.